The number of carbonyl (C=O) groups excluding carboxylic acids is 1. The van der Waals surface area contributed by atoms with Crippen molar-refractivity contribution in [1.82, 2.24) is 9.47 Å². The Balaban J connectivity index is 2.05. The molecular formula is C26H40N2O4. The molecule has 2 heterocycles. The Morgan fingerprint density at radius 2 is 1.91 bits per heavy atom. The molecule has 178 valence electrons. The molecule has 1 aromatic heterocycles. The molecule has 1 aliphatic heterocycles. The topological polar surface area (TPSA) is 52.9 Å². The zero-order chi connectivity index (χ0) is 23.1. The number of nitrogens with zero attached hydrogens (tertiary/aromatic N) is 2. The summed E-state index contributed by atoms with van der Waals surface area (Å²) in [5.74, 6) is 1.07. The van der Waals surface area contributed by atoms with Crippen LogP contribution >= 0.6 is 0 Å². The van der Waals surface area contributed by atoms with Crippen molar-refractivity contribution in [3.05, 3.63) is 29.5 Å². The van der Waals surface area contributed by atoms with E-state index < -0.39 is 0 Å². The maximum Gasteiger partial charge on any atom is 0.245 e. The molecule has 1 saturated heterocycles. The van der Waals surface area contributed by atoms with Crippen molar-refractivity contribution in [3.8, 4) is 5.75 Å². The first-order chi connectivity index (χ1) is 15.5. The Bertz CT molecular complexity index is 886. The van der Waals surface area contributed by atoms with Gasteiger partial charge in [0.05, 0.1) is 26.4 Å². The Labute approximate surface area is 192 Å². The van der Waals surface area contributed by atoms with E-state index in [0.717, 1.165) is 49.8 Å². The Morgan fingerprint density at radius 3 is 2.56 bits per heavy atom. The van der Waals surface area contributed by atoms with Gasteiger partial charge in [0, 0.05) is 36.8 Å². The number of morpholine rings is 1. The van der Waals surface area contributed by atoms with Gasteiger partial charge in [0.2, 0.25) is 5.91 Å². The number of carbonyl (C=O) groups is 1. The standard InChI is InChI=1S/C26H40N2O4/c1-6-7-10-25(26(29)27-14-16-32-17-15-27)28-23(11-8-9-19(2)30-4)20(3)22-18-21(31-5)12-13-24(22)28/h12-13,18-19,25H,6-11,14-17H2,1-5H3. The number of unbranched alkanes of at least 4 members (excludes halogenated alkanes) is 1. The molecule has 3 rings (SSSR count). The summed E-state index contributed by atoms with van der Waals surface area (Å²) in [5, 5.41) is 1.18. The summed E-state index contributed by atoms with van der Waals surface area (Å²) in [6.45, 7) is 9.07. The fraction of sp³-hybridized carbons (Fsp3) is 0.654. The largest absolute Gasteiger partial charge is 0.497 e. The fourth-order valence-electron chi connectivity index (χ4n) is 4.73. The van der Waals surface area contributed by atoms with Crippen LogP contribution < -0.4 is 4.74 Å². The predicted molar refractivity (Wildman–Crippen MR) is 129 cm³/mol. The highest BCUT2D eigenvalue weighted by atomic mass is 16.5. The zero-order valence-corrected chi connectivity index (χ0v) is 20.5. The molecule has 32 heavy (non-hydrogen) atoms. The Morgan fingerprint density at radius 1 is 1.16 bits per heavy atom. The summed E-state index contributed by atoms with van der Waals surface area (Å²) < 4.78 is 18.8. The van der Waals surface area contributed by atoms with Crippen molar-refractivity contribution in [2.45, 2.75) is 71.4 Å². The van der Waals surface area contributed by atoms with E-state index in [-0.39, 0.29) is 18.1 Å². The van der Waals surface area contributed by atoms with Gasteiger partial charge >= 0.3 is 0 Å². The van der Waals surface area contributed by atoms with Gasteiger partial charge in [-0.25, -0.2) is 0 Å². The number of aryl methyl sites for hydroxylation is 1. The average Bonchev–Trinajstić information content (AvgIpc) is 3.10. The predicted octanol–water partition coefficient (Wildman–Crippen LogP) is 4.91. The van der Waals surface area contributed by atoms with Gasteiger partial charge in [0.1, 0.15) is 11.8 Å². The third-order valence-electron chi connectivity index (χ3n) is 6.77. The second kappa shape index (κ2) is 11.7. The molecule has 6 nitrogen and oxygen atoms in total. The molecular weight excluding hydrogens is 404 g/mol. The minimum absolute atomic E-state index is 0.188. The van der Waals surface area contributed by atoms with Gasteiger partial charge in [0.25, 0.3) is 0 Å². The van der Waals surface area contributed by atoms with Crippen LogP contribution in [0.5, 0.6) is 5.75 Å². The highest BCUT2D eigenvalue weighted by Gasteiger charge is 2.30. The molecule has 1 aromatic carbocycles. The van der Waals surface area contributed by atoms with Crippen molar-refractivity contribution >= 4 is 16.8 Å². The average molecular weight is 445 g/mol. The van der Waals surface area contributed by atoms with Crippen LogP contribution in [0.25, 0.3) is 10.9 Å². The van der Waals surface area contributed by atoms with E-state index in [0.29, 0.717) is 26.3 Å². The van der Waals surface area contributed by atoms with Crippen LogP contribution in [0.15, 0.2) is 18.2 Å². The first-order valence-corrected chi connectivity index (χ1v) is 12.1. The number of aromatic nitrogens is 1. The van der Waals surface area contributed by atoms with E-state index in [9.17, 15) is 4.79 Å². The fourth-order valence-corrected chi connectivity index (χ4v) is 4.73. The third kappa shape index (κ3) is 5.46. The summed E-state index contributed by atoms with van der Waals surface area (Å²) in [5.41, 5.74) is 3.64. The van der Waals surface area contributed by atoms with Crippen LogP contribution in [0.4, 0.5) is 0 Å². The molecule has 0 bridgehead atoms. The molecule has 1 aliphatic rings. The number of ether oxygens (including phenoxy) is 3. The summed E-state index contributed by atoms with van der Waals surface area (Å²) in [7, 11) is 3.47. The molecule has 6 heteroatoms. The third-order valence-corrected chi connectivity index (χ3v) is 6.77. The van der Waals surface area contributed by atoms with Gasteiger partial charge < -0.3 is 23.7 Å². The van der Waals surface area contributed by atoms with Crippen LogP contribution in [0.2, 0.25) is 0 Å². The highest BCUT2D eigenvalue weighted by Crippen LogP contribution is 2.35. The monoisotopic (exact) mass is 444 g/mol. The van der Waals surface area contributed by atoms with Crippen LogP contribution in [-0.4, -0.2) is 62.0 Å². The second-order valence-electron chi connectivity index (χ2n) is 8.86. The maximum absolute atomic E-state index is 13.8. The highest BCUT2D eigenvalue weighted by molar-refractivity contribution is 5.90. The number of hydrogen-bond donors (Lipinski definition) is 0. The van der Waals surface area contributed by atoms with Gasteiger partial charge in [-0.2, -0.15) is 0 Å². The quantitative estimate of drug-likeness (QED) is 0.494. The van der Waals surface area contributed by atoms with Gasteiger partial charge in [-0.15, -0.1) is 0 Å². The van der Waals surface area contributed by atoms with Crippen molar-refractivity contribution in [2.75, 3.05) is 40.5 Å². The molecule has 0 radical (unpaired) electrons. The summed E-state index contributed by atoms with van der Waals surface area (Å²) in [4.78, 5) is 15.8. The van der Waals surface area contributed by atoms with Crippen molar-refractivity contribution in [1.29, 1.82) is 0 Å². The van der Waals surface area contributed by atoms with Gasteiger partial charge in [-0.05, 0) is 63.3 Å². The zero-order valence-electron chi connectivity index (χ0n) is 20.5. The summed E-state index contributed by atoms with van der Waals surface area (Å²) in [6.07, 6.45) is 6.13. The molecule has 2 unspecified atom stereocenters. The molecule has 1 fully saturated rings. The molecule has 0 N–H and O–H groups in total. The lowest BCUT2D eigenvalue weighted by Gasteiger charge is -2.32. The number of benzene rings is 1. The molecule has 2 atom stereocenters. The number of amides is 1. The normalized spacial score (nSPS) is 16.3. The van der Waals surface area contributed by atoms with Crippen LogP contribution in [0.3, 0.4) is 0 Å². The lowest BCUT2D eigenvalue weighted by molar-refractivity contribution is -0.139. The maximum atomic E-state index is 13.8. The molecule has 2 aromatic rings. The number of fused-ring (bicyclic) bond motifs is 1. The minimum atomic E-state index is -0.188. The van der Waals surface area contributed by atoms with Gasteiger partial charge in [-0.3, -0.25) is 4.79 Å². The number of rotatable bonds is 11. The second-order valence-corrected chi connectivity index (χ2v) is 8.86. The Kier molecular flexibility index (Phi) is 9.00. The van der Waals surface area contributed by atoms with E-state index in [1.165, 1.54) is 16.6 Å². The van der Waals surface area contributed by atoms with Crippen LogP contribution in [-0.2, 0) is 20.7 Å². The minimum Gasteiger partial charge on any atom is -0.497 e. The smallest absolute Gasteiger partial charge is 0.245 e. The molecule has 1 amide bonds. The van der Waals surface area contributed by atoms with Crippen molar-refractivity contribution in [2.24, 2.45) is 0 Å². The summed E-state index contributed by atoms with van der Waals surface area (Å²) >= 11 is 0. The molecule has 0 saturated carbocycles. The number of hydrogen-bond acceptors (Lipinski definition) is 4. The van der Waals surface area contributed by atoms with Crippen molar-refractivity contribution in [3.63, 3.8) is 0 Å². The van der Waals surface area contributed by atoms with E-state index in [1.54, 1.807) is 14.2 Å². The first kappa shape index (κ1) is 24.6. The molecule has 0 aliphatic carbocycles. The Hall–Kier alpha value is -2.05. The van der Waals surface area contributed by atoms with E-state index >= 15 is 0 Å². The lowest BCUT2D eigenvalue weighted by atomic mass is 10.0. The van der Waals surface area contributed by atoms with E-state index in [1.807, 2.05) is 11.0 Å². The first-order valence-electron chi connectivity index (χ1n) is 12.1. The van der Waals surface area contributed by atoms with Gasteiger partial charge in [-0.1, -0.05) is 19.8 Å². The summed E-state index contributed by atoms with van der Waals surface area (Å²) in [6, 6.07) is 6.05. The van der Waals surface area contributed by atoms with Crippen LogP contribution in [0.1, 0.15) is 63.3 Å². The number of methoxy groups -OCH3 is 2. The van der Waals surface area contributed by atoms with Crippen LogP contribution in [0, 0.1) is 6.92 Å². The van der Waals surface area contributed by atoms with Crippen molar-refractivity contribution < 1.29 is 19.0 Å². The van der Waals surface area contributed by atoms with E-state index in [2.05, 4.69) is 37.5 Å². The molecule has 0 spiro atoms. The lowest BCUT2D eigenvalue weighted by Crippen LogP contribution is -2.44. The van der Waals surface area contributed by atoms with Gasteiger partial charge in [0.15, 0.2) is 0 Å². The SMILES string of the molecule is CCCCC(C(=O)N1CCOCC1)n1c(CCCC(C)OC)c(C)c2cc(OC)ccc21. The van der Waals surface area contributed by atoms with E-state index in [4.69, 9.17) is 14.2 Å².